The minimum Gasteiger partial charge on any atom is -0.341 e. The minimum absolute atomic E-state index is 0.869. The van der Waals surface area contributed by atoms with E-state index in [0.717, 1.165) is 24.7 Å². The Morgan fingerprint density at radius 3 is 2.79 bits per heavy atom. The Hall–Kier alpha value is -1.68. The minimum atomic E-state index is 0.869. The maximum absolute atomic E-state index is 4.63. The van der Waals surface area contributed by atoms with Gasteiger partial charge < -0.3 is 4.90 Å². The Labute approximate surface area is 117 Å². The van der Waals surface area contributed by atoms with Crippen LogP contribution in [0.5, 0.6) is 0 Å². The molecule has 1 aliphatic heterocycles. The van der Waals surface area contributed by atoms with E-state index in [1.54, 1.807) is 11.3 Å². The molecule has 0 aromatic carbocycles. The zero-order valence-electron chi connectivity index (χ0n) is 10.8. The van der Waals surface area contributed by atoms with Crippen molar-refractivity contribution in [2.75, 3.05) is 18.0 Å². The summed E-state index contributed by atoms with van der Waals surface area (Å²) in [5.74, 6) is 0.869. The summed E-state index contributed by atoms with van der Waals surface area (Å²) >= 11 is 1.73. The average Bonchev–Trinajstić information content (AvgIpc) is 3.00. The molecule has 0 spiro atoms. The predicted molar refractivity (Wildman–Crippen MR) is 81.3 cm³/mol. The van der Waals surface area contributed by atoms with Crippen molar-refractivity contribution in [1.29, 1.82) is 0 Å². The van der Waals surface area contributed by atoms with E-state index in [0.29, 0.717) is 0 Å². The Morgan fingerprint density at radius 2 is 2.00 bits per heavy atom. The molecule has 0 amide bonds. The van der Waals surface area contributed by atoms with Crippen molar-refractivity contribution in [1.82, 2.24) is 9.97 Å². The van der Waals surface area contributed by atoms with Gasteiger partial charge in [0.25, 0.3) is 0 Å². The highest BCUT2D eigenvalue weighted by molar-refractivity contribution is 7.10. The quantitative estimate of drug-likeness (QED) is 0.852. The smallest absolute Gasteiger partial charge is 0.225 e. The maximum atomic E-state index is 4.63. The largest absolute Gasteiger partial charge is 0.341 e. The molecule has 0 radical (unpaired) electrons. The van der Waals surface area contributed by atoms with Gasteiger partial charge in [-0.1, -0.05) is 6.07 Å². The highest BCUT2D eigenvalue weighted by Crippen LogP contribution is 2.17. The Kier molecular flexibility index (Phi) is 3.89. The standard InChI is InChI=1S/C15H17N3S/c1-2-10-18(11-3-1)15-16-9-8-13(17-15)6-7-14-5-4-12-19-14/h4-9,12H,1-3,10-11H2. The summed E-state index contributed by atoms with van der Waals surface area (Å²) in [6.07, 6.45) is 9.84. The van der Waals surface area contributed by atoms with Crippen molar-refractivity contribution in [3.05, 3.63) is 40.3 Å². The fourth-order valence-corrected chi connectivity index (χ4v) is 2.87. The van der Waals surface area contributed by atoms with Crippen LogP contribution in [0.15, 0.2) is 29.8 Å². The lowest BCUT2D eigenvalue weighted by Crippen LogP contribution is -2.31. The zero-order chi connectivity index (χ0) is 12.9. The van der Waals surface area contributed by atoms with Crippen molar-refractivity contribution < 1.29 is 0 Å². The van der Waals surface area contributed by atoms with Crippen LogP contribution in [0.25, 0.3) is 12.2 Å². The lowest BCUT2D eigenvalue weighted by Gasteiger charge is -2.26. The van der Waals surface area contributed by atoms with E-state index in [4.69, 9.17) is 0 Å². The molecule has 1 saturated heterocycles. The van der Waals surface area contributed by atoms with Gasteiger partial charge in [0, 0.05) is 24.2 Å². The highest BCUT2D eigenvalue weighted by atomic mass is 32.1. The second kappa shape index (κ2) is 5.97. The molecule has 1 fully saturated rings. The average molecular weight is 271 g/mol. The predicted octanol–water partition coefficient (Wildman–Crippen LogP) is 3.70. The molecule has 0 unspecified atom stereocenters. The van der Waals surface area contributed by atoms with Gasteiger partial charge in [-0.2, -0.15) is 0 Å². The Balaban J connectivity index is 1.75. The van der Waals surface area contributed by atoms with E-state index < -0.39 is 0 Å². The summed E-state index contributed by atoms with van der Waals surface area (Å²) in [5.41, 5.74) is 0.976. The van der Waals surface area contributed by atoms with Crippen molar-refractivity contribution in [2.45, 2.75) is 19.3 Å². The van der Waals surface area contributed by atoms with Crippen LogP contribution in [-0.2, 0) is 0 Å². The molecule has 0 atom stereocenters. The summed E-state index contributed by atoms with van der Waals surface area (Å²) in [6.45, 7) is 2.16. The molecule has 2 aromatic rings. The lowest BCUT2D eigenvalue weighted by molar-refractivity contribution is 0.568. The summed E-state index contributed by atoms with van der Waals surface area (Å²) in [7, 11) is 0. The molecule has 0 bridgehead atoms. The first kappa shape index (κ1) is 12.4. The molecule has 2 aromatic heterocycles. The number of nitrogens with zero attached hydrogens (tertiary/aromatic N) is 3. The topological polar surface area (TPSA) is 29.0 Å². The van der Waals surface area contributed by atoms with Crippen LogP contribution in [0, 0.1) is 0 Å². The summed E-state index contributed by atoms with van der Waals surface area (Å²) in [4.78, 5) is 12.6. The van der Waals surface area contributed by atoms with E-state index in [1.807, 2.05) is 12.3 Å². The van der Waals surface area contributed by atoms with Crippen LogP contribution < -0.4 is 4.90 Å². The van der Waals surface area contributed by atoms with Gasteiger partial charge >= 0.3 is 0 Å². The zero-order valence-corrected chi connectivity index (χ0v) is 11.6. The number of rotatable bonds is 3. The van der Waals surface area contributed by atoms with Gasteiger partial charge in [-0.3, -0.25) is 0 Å². The van der Waals surface area contributed by atoms with E-state index in [9.17, 15) is 0 Å². The van der Waals surface area contributed by atoms with Crippen LogP contribution in [-0.4, -0.2) is 23.1 Å². The Morgan fingerprint density at radius 1 is 1.11 bits per heavy atom. The van der Waals surface area contributed by atoms with Crippen LogP contribution >= 0.6 is 11.3 Å². The molecular formula is C15H17N3S. The lowest BCUT2D eigenvalue weighted by atomic mass is 10.1. The molecule has 4 heteroatoms. The molecule has 98 valence electrons. The van der Waals surface area contributed by atoms with E-state index in [2.05, 4.69) is 44.5 Å². The van der Waals surface area contributed by atoms with Crippen LogP contribution in [0.1, 0.15) is 29.8 Å². The van der Waals surface area contributed by atoms with Crippen LogP contribution in [0.2, 0.25) is 0 Å². The van der Waals surface area contributed by atoms with Crippen LogP contribution in [0.3, 0.4) is 0 Å². The number of aromatic nitrogens is 2. The molecule has 3 heterocycles. The van der Waals surface area contributed by atoms with Crippen molar-refractivity contribution in [3.63, 3.8) is 0 Å². The third kappa shape index (κ3) is 3.20. The van der Waals surface area contributed by atoms with Crippen molar-refractivity contribution in [3.8, 4) is 0 Å². The normalized spacial score (nSPS) is 16.1. The second-order valence-electron chi connectivity index (χ2n) is 4.68. The van der Waals surface area contributed by atoms with Gasteiger partial charge in [-0.15, -0.1) is 11.3 Å². The first-order chi connectivity index (χ1) is 9.42. The Bertz CT molecular complexity index is 542. The SMILES string of the molecule is C(=Cc1cccs1)c1ccnc(N2CCCCC2)n1. The monoisotopic (exact) mass is 271 g/mol. The summed E-state index contributed by atoms with van der Waals surface area (Å²) < 4.78 is 0. The molecule has 3 nitrogen and oxygen atoms in total. The van der Waals surface area contributed by atoms with Crippen molar-refractivity contribution in [2.24, 2.45) is 0 Å². The number of hydrogen-bond acceptors (Lipinski definition) is 4. The fraction of sp³-hybridized carbons (Fsp3) is 0.333. The van der Waals surface area contributed by atoms with Gasteiger partial charge in [0.2, 0.25) is 5.95 Å². The second-order valence-corrected chi connectivity index (χ2v) is 5.66. The van der Waals surface area contributed by atoms with Gasteiger partial charge in [0.15, 0.2) is 0 Å². The van der Waals surface area contributed by atoms with Gasteiger partial charge in [-0.05, 0) is 48.9 Å². The van der Waals surface area contributed by atoms with Crippen molar-refractivity contribution >= 4 is 29.4 Å². The van der Waals surface area contributed by atoms with E-state index in [-0.39, 0.29) is 0 Å². The first-order valence-corrected chi connectivity index (χ1v) is 7.59. The first-order valence-electron chi connectivity index (χ1n) is 6.71. The fourth-order valence-electron chi connectivity index (χ4n) is 2.25. The molecule has 0 saturated carbocycles. The van der Waals surface area contributed by atoms with Gasteiger partial charge in [0.1, 0.15) is 0 Å². The summed E-state index contributed by atoms with van der Waals surface area (Å²) in [5, 5.41) is 2.08. The molecule has 0 N–H and O–H groups in total. The van der Waals surface area contributed by atoms with Gasteiger partial charge in [0.05, 0.1) is 5.69 Å². The summed E-state index contributed by atoms with van der Waals surface area (Å²) in [6, 6.07) is 6.12. The number of anilines is 1. The number of hydrogen-bond donors (Lipinski definition) is 0. The van der Waals surface area contributed by atoms with Crippen LogP contribution in [0.4, 0.5) is 5.95 Å². The highest BCUT2D eigenvalue weighted by Gasteiger charge is 2.12. The third-order valence-corrected chi connectivity index (χ3v) is 4.10. The molecule has 1 aliphatic rings. The number of thiophene rings is 1. The van der Waals surface area contributed by atoms with E-state index >= 15 is 0 Å². The molecule has 0 aliphatic carbocycles. The molecular weight excluding hydrogens is 254 g/mol. The third-order valence-electron chi connectivity index (χ3n) is 3.26. The van der Waals surface area contributed by atoms with E-state index in [1.165, 1.54) is 24.1 Å². The maximum Gasteiger partial charge on any atom is 0.225 e. The van der Waals surface area contributed by atoms with Gasteiger partial charge in [-0.25, -0.2) is 9.97 Å². The molecule has 19 heavy (non-hydrogen) atoms. The number of piperidine rings is 1. The molecule has 3 rings (SSSR count).